The fourth-order valence-electron chi connectivity index (χ4n) is 1.40. The van der Waals surface area contributed by atoms with Gasteiger partial charge in [0.05, 0.1) is 5.97 Å². The number of aliphatic carboxylic acids is 1. The largest absolute Gasteiger partial charge is 0.544 e. The Morgan fingerprint density at radius 1 is 1.31 bits per heavy atom. The van der Waals surface area contributed by atoms with E-state index in [1.165, 1.54) is 24.3 Å². The smallest absolute Gasteiger partial charge is 0.251 e. The fourth-order valence-corrected chi connectivity index (χ4v) is 1.40. The summed E-state index contributed by atoms with van der Waals surface area (Å²) >= 11 is 0. The summed E-state index contributed by atoms with van der Waals surface area (Å²) in [4.78, 5) is 10.5. The normalized spacial score (nSPS) is 14.8. The third-order valence-corrected chi connectivity index (χ3v) is 2.29. The van der Waals surface area contributed by atoms with E-state index < -0.39 is 24.4 Å². The highest BCUT2D eigenvalue weighted by Crippen LogP contribution is 2.26. The highest BCUT2D eigenvalue weighted by Gasteiger charge is 2.32. The molecule has 4 nitrogen and oxygen atoms in total. The van der Waals surface area contributed by atoms with Crippen molar-refractivity contribution in [3.8, 4) is 5.75 Å². The van der Waals surface area contributed by atoms with E-state index in [4.69, 9.17) is 5.11 Å². The van der Waals surface area contributed by atoms with Gasteiger partial charge in [-0.25, -0.2) is 8.78 Å². The van der Waals surface area contributed by atoms with Crippen molar-refractivity contribution in [1.82, 2.24) is 0 Å². The number of aromatic hydroxyl groups is 1. The second-order valence-electron chi connectivity index (χ2n) is 3.38. The van der Waals surface area contributed by atoms with Gasteiger partial charge in [-0.05, 0) is 17.7 Å². The standard InChI is InChI=1S/C10H11F2NO3/c11-9(12)7(8(13)10(15)16)5-1-3-6(14)4-2-5/h1-4,7-9,14H,13H2,(H,15,16)/t7-,8+/m1/s1. The lowest BCUT2D eigenvalue weighted by Gasteiger charge is -2.21. The molecule has 0 spiro atoms. The molecule has 0 bridgehead atoms. The molecule has 0 aliphatic carbocycles. The first-order chi connectivity index (χ1) is 7.43. The summed E-state index contributed by atoms with van der Waals surface area (Å²) in [7, 11) is 0. The molecule has 0 aromatic heterocycles. The molecule has 0 saturated carbocycles. The van der Waals surface area contributed by atoms with Gasteiger partial charge in [-0.15, -0.1) is 0 Å². The van der Waals surface area contributed by atoms with E-state index in [0.29, 0.717) is 0 Å². The number of phenols is 1. The van der Waals surface area contributed by atoms with Gasteiger partial charge >= 0.3 is 0 Å². The Balaban J connectivity index is 3.03. The van der Waals surface area contributed by atoms with Gasteiger partial charge < -0.3 is 20.7 Å². The molecule has 0 aliphatic rings. The van der Waals surface area contributed by atoms with Crippen LogP contribution < -0.4 is 10.8 Å². The zero-order valence-electron chi connectivity index (χ0n) is 8.27. The van der Waals surface area contributed by atoms with Gasteiger partial charge in [0.25, 0.3) is 6.43 Å². The van der Waals surface area contributed by atoms with E-state index in [1.807, 2.05) is 0 Å². The number of benzene rings is 1. The van der Waals surface area contributed by atoms with Crippen molar-refractivity contribution in [2.75, 3.05) is 0 Å². The van der Waals surface area contributed by atoms with Crippen molar-refractivity contribution in [3.63, 3.8) is 0 Å². The second kappa shape index (κ2) is 4.89. The summed E-state index contributed by atoms with van der Waals surface area (Å²) in [5.41, 5.74) is 3.26. The van der Waals surface area contributed by atoms with E-state index in [1.54, 1.807) is 0 Å². The number of carboxylic acid groups (broad SMARTS) is 1. The Bertz CT molecular complexity index is 367. The van der Waals surface area contributed by atoms with Crippen LogP contribution in [0, 0.1) is 0 Å². The predicted octanol–water partition coefficient (Wildman–Crippen LogP) is -0.899. The number of rotatable bonds is 4. The number of alkyl halides is 2. The number of phenolic OH excluding ortho intramolecular Hbond substituents is 1. The third-order valence-electron chi connectivity index (χ3n) is 2.29. The summed E-state index contributed by atoms with van der Waals surface area (Å²) < 4.78 is 25.4. The minimum absolute atomic E-state index is 0.0779. The molecule has 4 N–H and O–H groups in total. The maximum atomic E-state index is 12.7. The minimum atomic E-state index is -2.86. The molecular formula is C10H11F2NO3. The van der Waals surface area contributed by atoms with Crippen LogP contribution in [-0.2, 0) is 4.79 Å². The summed E-state index contributed by atoms with van der Waals surface area (Å²) in [6.45, 7) is 0. The third kappa shape index (κ3) is 2.66. The Hall–Kier alpha value is -1.69. The summed E-state index contributed by atoms with van der Waals surface area (Å²) in [5.74, 6) is -3.24. The first-order valence-electron chi connectivity index (χ1n) is 4.54. The van der Waals surface area contributed by atoms with E-state index in [0.717, 1.165) is 0 Å². The van der Waals surface area contributed by atoms with Crippen molar-refractivity contribution in [1.29, 1.82) is 0 Å². The van der Waals surface area contributed by atoms with Gasteiger partial charge in [0.15, 0.2) is 0 Å². The van der Waals surface area contributed by atoms with E-state index >= 15 is 0 Å². The molecule has 16 heavy (non-hydrogen) atoms. The zero-order valence-corrected chi connectivity index (χ0v) is 8.27. The lowest BCUT2D eigenvalue weighted by molar-refractivity contribution is -0.445. The molecule has 1 rings (SSSR count). The van der Waals surface area contributed by atoms with Crippen LogP contribution in [0.25, 0.3) is 0 Å². The van der Waals surface area contributed by atoms with Crippen LogP contribution in [0.15, 0.2) is 24.3 Å². The van der Waals surface area contributed by atoms with E-state index in [-0.39, 0.29) is 11.3 Å². The van der Waals surface area contributed by atoms with Crippen molar-refractivity contribution in [2.45, 2.75) is 18.4 Å². The minimum Gasteiger partial charge on any atom is -0.544 e. The molecule has 2 atom stereocenters. The molecule has 0 radical (unpaired) electrons. The summed E-state index contributed by atoms with van der Waals surface area (Å²) in [6, 6.07) is 3.38. The molecule has 1 aromatic rings. The van der Waals surface area contributed by atoms with E-state index in [9.17, 15) is 18.7 Å². The fraction of sp³-hybridized carbons (Fsp3) is 0.300. The van der Waals surface area contributed by atoms with Gasteiger partial charge in [-0.1, -0.05) is 12.1 Å². The van der Waals surface area contributed by atoms with Crippen molar-refractivity contribution in [2.24, 2.45) is 0 Å². The maximum Gasteiger partial charge on any atom is 0.251 e. The second-order valence-corrected chi connectivity index (χ2v) is 3.38. The Morgan fingerprint density at radius 2 is 1.81 bits per heavy atom. The summed E-state index contributed by atoms with van der Waals surface area (Å²) in [6.07, 6.45) is -2.86. The molecule has 88 valence electrons. The van der Waals surface area contributed by atoms with Crippen LogP contribution in [0.3, 0.4) is 0 Å². The van der Waals surface area contributed by atoms with Gasteiger partial charge in [0.1, 0.15) is 17.7 Å². The molecule has 6 heteroatoms. The molecule has 0 amide bonds. The van der Waals surface area contributed by atoms with Gasteiger partial charge in [-0.2, -0.15) is 0 Å². The van der Waals surface area contributed by atoms with E-state index in [2.05, 4.69) is 5.73 Å². The first-order valence-corrected chi connectivity index (χ1v) is 4.54. The zero-order chi connectivity index (χ0) is 12.3. The van der Waals surface area contributed by atoms with Crippen molar-refractivity contribution < 1.29 is 29.5 Å². The van der Waals surface area contributed by atoms with Gasteiger partial charge in [-0.3, -0.25) is 0 Å². The lowest BCUT2D eigenvalue weighted by Crippen LogP contribution is -2.71. The van der Waals surface area contributed by atoms with Gasteiger partial charge in [0.2, 0.25) is 0 Å². The Kier molecular flexibility index (Phi) is 3.78. The Morgan fingerprint density at radius 3 is 2.19 bits per heavy atom. The van der Waals surface area contributed by atoms with Crippen LogP contribution in [0.2, 0.25) is 0 Å². The predicted molar refractivity (Wildman–Crippen MR) is 48.5 cm³/mol. The van der Waals surface area contributed by atoms with Crippen LogP contribution >= 0.6 is 0 Å². The van der Waals surface area contributed by atoms with Crippen LogP contribution in [0.5, 0.6) is 5.75 Å². The molecule has 1 aromatic carbocycles. The highest BCUT2D eigenvalue weighted by atomic mass is 19.3. The van der Waals surface area contributed by atoms with Gasteiger partial charge in [0, 0.05) is 0 Å². The average molecular weight is 231 g/mol. The SMILES string of the molecule is [NH3+][C@H](C(=O)[O-])[C@@H](c1ccc(O)cc1)C(F)F. The van der Waals surface area contributed by atoms with Crippen LogP contribution in [0.4, 0.5) is 8.78 Å². The topological polar surface area (TPSA) is 88.0 Å². The Labute approximate surface area is 90.3 Å². The summed E-state index contributed by atoms with van der Waals surface area (Å²) in [5, 5.41) is 19.5. The van der Waals surface area contributed by atoms with Crippen molar-refractivity contribution >= 4 is 5.97 Å². The van der Waals surface area contributed by atoms with Crippen molar-refractivity contribution in [3.05, 3.63) is 29.8 Å². The number of carbonyl (C=O) groups excluding carboxylic acids is 1. The number of quaternary nitrogens is 1. The quantitative estimate of drug-likeness (QED) is 0.704. The number of halogens is 2. The highest BCUT2D eigenvalue weighted by molar-refractivity contribution is 5.71. The lowest BCUT2D eigenvalue weighted by atomic mass is 9.92. The maximum absolute atomic E-state index is 12.7. The number of carbonyl (C=O) groups is 1. The number of hydrogen-bond donors (Lipinski definition) is 2. The molecule has 0 saturated heterocycles. The number of hydrogen-bond acceptors (Lipinski definition) is 3. The van der Waals surface area contributed by atoms with Crippen LogP contribution in [-0.4, -0.2) is 23.5 Å². The molecular weight excluding hydrogens is 220 g/mol. The molecule has 0 fully saturated rings. The monoisotopic (exact) mass is 231 g/mol. The average Bonchev–Trinajstić information content (AvgIpc) is 2.20. The molecule has 0 aliphatic heterocycles. The molecule has 0 heterocycles. The number of carboxylic acids is 1. The first kappa shape index (κ1) is 12.4. The molecule has 0 unspecified atom stereocenters. The van der Waals surface area contributed by atoms with Crippen LogP contribution in [0.1, 0.15) is 11.5 Å².